The van der Waals surface area contributed by atoms with Gasteiger partial charge in [-0.3, -0.25) is 9.59 Å². The highest BCUT2D eigenvalue weighted by Crippen LogP contribution is 2.26. The molecular formula is C23H26Cl3FN2O2S. The molecule has 2 amide bonds. The lowest BCUT2D eigenvalue weighted by Crippen LogP contribution is -2.50. The summed E-state index contributed by atoms with van der Waals surface area (Å²) >= 11 is 19.4. The van der Waals surface area contributed by atoms with E-state index in [0.717, 1.165) is 12.0 Å². The first kappa shape index (κ1) is 26.8. The smallest absolute Gasteiger partial charge is 0.242 e. The first-order valence-corrected chi connectivity index (χ1v) is 12.5. The second kappa shape index (κ2) is 12.7. The van der Waals surface area contributed by atoms with Gasteiger partial charge in [0.15, 0.2) is 0 Å². The third-order valence-electron chi connectivity index (χ3n) is 5.04. The minimum atomic E-state index is -0.705. The maximum Gasteiger partial charge on any atom is 0.242 e. The van der Waals surface area contributed by atoms with Crippen molar-refractivity contribution in [1.29, 1.82) is 0 Å². The van der Waals surface area contributed by atoms with Crippen LogP contribution in [0.1, 0.15) is 38.3 Å². The molecule has 0 aliphatic rings. The highest BCUT2D eigenvalue weighted by Gasteiger charge is 2.27. The van der Waals surface area contributed by atoms with Crippen LogP contribution in [-0.2, 0) is 21.9 Å². The second-order valence-electron chi connectivity index (χ2n) is 7.46. The molecular weight excluding hydrogens is 494 g/mol. The number of carbonyl (C=O) groups is 2. The third kappa shape index (κ3) is 7.55. The van der Waals surface area contributed by atoms with Crippen LogP contribution >= 0.6 is 46.6 Å². The molecule has 4 nitrogen and oxygen atoms in total. The second-order valence-corrected chi connectivity index (χ2v) is 9.66. The average Bonchev–Trinajstić information content (AvgIpc) is 2.75. The first-order valence-electron chi connectivity index (χ1n) is 10.2. The molecule has 2 aromatic rings. The lowest BCUT2D eigenvalue weighted by molar-refractivity contribution is -0.138. The lowest BCUT2D eigenvalue weighted by Gasteiger charge is -2.29. The Hall–Kier alpha value is -1.47. The van der Waals surface area contributed by atoms with Gasteiger partial charge in [-0.05, 0) is 50.1 Å². The Labute approximate surface area is 207 Å². The number of halogens is 4. The topological polar surface area (TPSA) is 49.4 Å². The lowest BCUT2D eigenvalue weighted by atomic mass is 10.1. The number of rotatable bonds is 10. The molecule has 0 radical (unpaired) electrons. The zero-order chi connectivity index (χ0) is 23.8. The normalized spacial score (nSPS) is 12.8. The van der Waals surface area contributed by atoms with Gasteiger partial charge in [-0.1, -0.05) is 53.9 Å². The fourth-order valence-electron chi connectivity index (χ4n) is 2.88. The molecule has 0 aromatic heterocycles. The molecule has 0 saturated carbocycles. The number of hydrogen-bond acceptors (Lipinski definition) is 3. The maximum atomic E-state index is 14.0. The predicted molar refractivity (Wildman–Crippen MR) is 132 cm³/mol. The molecule has 0 aliphatic heterocycles. The molecule has 0 bridgehead atoms. The Balaban J connectivity index is 2.15. The van der Waals surface area contributed by atoms with Gasteiger partial charge in [-0.2, -0.15) is 0 Å². The van der Waals surface area contributed by atoms with Gasteiger partial charge in [0, 0.05) is 28.9 Å². The summed E-state index contributed by atoms with van der Waals surface area (Å²) in [6.07, 6.45) is 0.776. The van der Waals surface area contributed by atoms with E-state index in [-0.39, 0.29) is 35.9 Å². The van der Waals surface area contributed by atoms with Crippen molar-refractivity contribution in [2.45, 2.75) is 51.6 Å². The summed E-state index contributed by atoms with van der Waals surface area (Å²) in [7, 11) is 0. The van der Waals surface area contributed by atoms with Crippen molar-refractivity contribution in [3.8, 4) is 0 Å². The van der Waals surface area contributed by atoms with Gasteiger partial charge in [0.05, 0.1) is 15.8 Å². The molecule has 32 heavy (non-hydrogen) atoms. The zero-order valence-corrected chi connectivity index (χ0v) is 21.2. The molecule has 2 aromatic carbocycles. The Morgan fingerprint density at radius 2 is 1.81 bits per heavy atom. The molecule has 2 rings (SSSR count). The van der Waals surface area contributed by atoms with Crippen molar-refractivity contribution in [3.05, 3.63) is 68.4 Å². The van der Waals surface area contributed by atoms with Crippen LogP contribution in [0.3, 0.4) is 0 Å². The van der Waals surface area contributed by atoms with Crippen LogP contribution in [0.4, 0.5) is 4.39 Å². The summed E-state index contributed by atoms with van der Waals surface area (Å²) < 4.78 is 14.0. The van der Waals surface area contributed by atoms with E-state index in [0.29, 0.717) is 20.6 Å². The Kier molecular flexibility index (Phi) is 10.6. The van der Waals surface area contributed by atoms with Gasteiger partial charge in [0.25, 0.3) is 0 Å². The van der Waals surface area contributed by atoms with Crippen molar-refractivity contribution in [2.75, 3.05) is 5.75 Å². The molecule has 0 aliphatic carbocycles. The number of thioether (sulfide) groups is 1. The van der Waals surface area contributed by atoms with Crippen molar-refractivity contribution in [3.63, 3.8) is 0 Å². The molecule has 0 saturated heterocycles. The van der Waals surface area contributed by atoms with Crippen LogP contribution in [0.5, 0.6) is 0 Å². The SMILES string of the molecule is CC[C@H](C)NC(=O)[C@@H](C)N(Cc1ccc(Cl)c(Cl)c1)C(=O)CSCc1c(F)cccc1Cl. The van der Waals surface area contributed by atoms with Crippen LogP contribution in [0.15, 0.2) is 36.4 Å². The highest BCUT2D eigenvalue weighted by molar-refractivity contribution is 7.99. The van der Waals surface area contributed by atoms with E-state index < -0.39 is 11.9 Å². The number of hydrogen-bond donors (Lipinski definition) is 1. The monoisotopic (exact) mass is 518 g/mol. The minimum absolute atomic E-state index is 0.00977. The zero-order valence-electron chi connectivity index (χ0n) is 18.1. The van der Waals surface area contributed by atoms with E-state index in [1.54, 1.807) is 31.2 Å². The van der Waals surface area contributed by atoms with Gasteiger partial charge >= 0.3 is 0 Å². The van der Waals surface area contributed by atoms with Gasteiger partial charge in [-0.25, -0.2) is 4.39 Å². The minimum Gasteiger partial charge on any atom is -0.352 e. The summed E-state index contributed by atoms with van der Waals surface area (Å²) in [5.74, 6) is -0.597. The largest absolute Gasteiger partial charge is 0.352 e. The first-order chi connectivity index (χ1) is 15.1. The highest BCUT2D eigenvalue weighted by atomic mass is 35.5. The Morgan fingerprint density at radius 1 is 1.09 bits per heavy atom. The molecule has 0 heterocycles. The van der Waals surface area contributed by atoms with Crippen LogP contribution in [-0.4, -0.2) is 34.6 Å². The fraction of sp³-hybridized carbons (Fsp3) is 0.391. The molecule has 1 N–H and O–H groups in total. The maximum absolute atomic E-state index is 14.0. The summed E-state index contributed by atoms with van der Waals surface area (Å²) in [4.78, 5) is 27.3. The third-order valence-corrected chi connectivity index (χ3v) is 7.08. The quantitative estimate of drug-likeness (QED) is 0.398. The summed E-state index contributed by atoms with van der Waals surface area (Å²) in [5, 5.41) is 4.01. The molecule has 0 unspecified atom stereocenters. The molecule has 0 fully saturated rings. The number of nitrogens with one attached hydrogen (secondary N) is 1. The van der Waals surface area contributed by atoms with Crippen LogP contribution in [0, 0.1) is 5.82 Å². The summed E-state index contributed by atoms with van der Waals surface area (Å²) in [6, 6.07) is 8.86. The van der Waals surface area contributed by atoms with E-state index in [2.05, 4.69) is 5.32 Å². The van der Waals surface area contributed by atoms with Gasteiger partial charge in [0.1, 0.15) is 11.9 Å². The van der Waals surface area contributed by atoms with Gasteiger partial charge in [0.2, 0.25) is 11.8 Å². The van der Waals surface area contributed by atoms with Crippen LogP contribution in [0.2, 0.25) is 15.1 Å². The molecule has 9 heteroatoms. The Morgan fingerprint density at radius 3 is 2.44 bits per heavy atom. The van der Waals surface area contributed by atoms with Crippen molar-refractivity contribution < 1.29 is 14.0 Å². The van der Waals surface area contributed by atoms with E-state index in [1.807, 2.05) is 13.8 Å². The molecule has 2 atom stereocenters. The van der Waals surface area contributed by atoms with E-state index in [9.17, 15) is 14.0 Å². The standard InChI is InChI=1S/C23H26Cl3FN2O2S/c1-4-14(2)28-23(31)15(3)29(11-16-8-9-19(25)20(26)10-16)22(30)13-32-12-17-18(24)6-5-7-21(17)27/h5-10,14-15H,4,11-13H2,1-3H3,(H,28,31)/t14-,15+/m0/s1. The van der Waals surface area contributed by atoms with Crippen molar-refractivity contribution in [1.82, 2.24) is 10.2 Å². The van der Waals surface area contributed by atoms with E-state index in [1.165, 1.54) is 28.8 Å². The van der Waals surface area contributed by atoms with Crippen molar-refractivity contribution in [2.24, 2.45) is 0 Å². The Bertz CT molecular complexity index is 941. The fourth-order valence-corrected chi connectivity index (χ4v) is 4.45. The number of carbonyl (C=O) groups excluding carboxylic acids is 2. The summed E-state index contributed by atoms with van der Waals surface area (Å²) in [5.41, 5.74) is 1.10. The van der Waals surface area contributed by atoms with E-state index in [4.69, 9.17) is 34.8 Å². The van der Waals surface area contributed by atoms with Gasteiger partial charge < -0.3 is 10.2 Å². The van der Waals surface area contributed by atoms with E-state index >= 15 is 0 Å². The molecule has 174 valence electrons. The summed E-state index contributed by atoms with van der Waals surface area (Å²) in [6.45, 7) is 5.75. The average molecular weight is 520 g/mol. The van der Waals surface area contributed by atoms with Gasteiger partial charge in [-0.15, -0.1) is 11.8 Å². The number of benzene rings is 2. The number of nitrogens with zero attached hydrogens (tertiary/aromatic N) is 1. The van der Waals surface area contributed by atoms with Crippen molar-refractivity contribution >= 4 is 58.4 Å². The van der Waals surface area contributed by atoms with Crippen LogP contribution < -0.4 is 5.32 Å². The molecule has 0 spiro atoms. The van der Waals surface area contributed by atoms with Crippen LogP contribution in [0.25, 0.3) is 0 Å². The predicted octanol–water partition coefficient (Wildman–Crippen LogP) is 6.35. The number of amides is 2.